The molecule has 0 amide bonds. The van der Waals surface area contributed by atoms with Crippen LogP contribution in [0.3, 0.4) is 0 Å². The van der Waals surface area contributed by atoms with Crippen LogP contribution in [0.2, 0.25) is 0 Å². The third kappa shape index (κ3) is 2.29. The van der Waals surface area contributed by atoms with Crippen LogP contribution >= 0.6 is 0 Å². The molecule has 0 bridgehead atoms. The lowest BCUT2D eigenvalue weighted by Crippen LogP contribution is -2.32. The molecular formula is C14H15FN4. The Morgan fingerprint density at radius 3 is 2.79 bits per heavy atom. The molecule has 0 saturated carbocycles. The summed E-state index contributed by atoms with van der Waals surface area (Å²) in [6.45, 7) is 1.66. The monoisotopic (exact) mass is 258 g/mol. The Hall–Kier alpha value is -2.01. The summed E-state index contributed by atoms with van der Waals surface area (Å²) in [4.78, 5) is 10.6. The van der Waals surface area contributed by atoms with Gasteiger partial charge in [-0.15, -0.1) is 0 Å². The highest BCUT2D eigenvalue weighted by Crippen LogP contribution is 2.31. The van der Waals surface area contributed by atoms with Gasteiger partial charge < -0.3 is 10.6 Å². The van der Waals surface area contributed by atoms with Crippen molar-refractivity contribution in [2.45, 2.75) is 12.5 Å². The summed E-state index contributed by atoms with van der Waals surface area (Å²) in [5, 5.41) is 0. The molecule has 3 rings (SSSR count). The van der Waals surface area contributed by atoms with E-state index >= 15 is 0 Å². The Bertz CT molecular complexity index is 597. The maximum absolute atomic E-state index is 13.0. The fourth-order valence-electron chi connectivity index (χ4n) is 2.57. The first kappa shape index (κ1) is 12.0. The zero-order valence-electron chi connectivity index (χ0n) is 10.7. The summed E-state index contributed by atoms with van der Waals surface area (Å²) in [6, 6.07) is 6.57. The number of nitrogens with two attached hydrogens (primary N) is 1. The molecule has 2 heterocycles. The van der Waals surface area contributed by atoms with Gasteiger partial charge >= 0.3 is 0 Å². The van der Waals surface area contributed by atoms with Crippen LogP contribution in [-0.2, 0) is 6.54 Å². The van der Waals surface area contributed by atoms with Gasteiger partial charge in [-0.25, -0.2) is 14.4 Å². The summed E-state index contributed by atoms with van der Waals surface area (Å²) in [5.41, 5.74) is 8.77. The molecule has 2 aromatic rings. The molecule has 1 aromatic heterocycles. The Balaban J connectivity index is 2.07. The maximum Gasteiger partial charge on any atom is 0.220 e. The Morgan fingerprint density at radius 2 is 2.05 bits per heavy atom. The van der Waals surface area contributed by atoms with Gasteiger partial charge in [-0.3, -0.25) is 0 Å². The number of hydrogen-bond donors (Lipinski definition) is 1. The van der Waals surface area contributed by atoms with Crippen molar-refractivity contribution in [2.75, 3.05) is 19.3 Å². The van der Waals surface area contributed by atoms with Gasteiger partial charge in [0.25, 0.3) is 0 Å². The van der Waals surface area contributed by atoms with Crippen LogP contribution in [-0.4, -0.2) is 28.5 Å². The van der Waals surface area contributed by atoms with Crippen molar-refractivity contribution in [1.29, 1.82) is 0 Å². The highest BCUT2D eigenvalue weighted by Gasteiger charge is 2.26. The third-order valence-corrected chi connectivity index (χ3v) is 3.45. The van der Waals surface area contributed by atoms with Crippen LogP contribution in [0, 0.1) is 5.82 Å². The number of aromatic nitrogens is 2. The fraction of sp³-hybridized carbons (Fsp3) is 0.286. The van der Waals surface area contributed by atoms with Crippen molar-refractivity contribution >= 4 is 5.95 Å². The number of nitrogen functional groups attached to an aromatic ring is 1. The highest BCUT2D eigenvalue weighted by molar-refractivity contribution is 5.37. The SMILES string of the molecule is CN1Cc2cnc(N)nc2C(c2ccc(F)cc2)C1. The van der Waals surface area contributed by atoms with Crippen molar-refractivity contribution in [1.82, 2.24) is 14.9 Å². The van der Waals surface area contributed by atoms with Gasteiger partial charge in [0.15, 0.2) is 0 Å². The zero-order valence-corrected chi connectivity index (χ0v) is 10.7. The van der Waals surface area contributed by atoms with E-state index in [2.05, 4.69) is 21.9 Å². The average molecular weight is 258 g/mol. The number of fused-ring (bicyclic) bond motifs is 1. The van der Waals surface area contributed by atoms with Gasteiger partial charge in [0.05, 0.1) is 5.69 Å². The van der Waals surface area contributed by atoms with Crippen LogP contribution < -0.4 is 5.73 Å². The van der Waals surface area contributed by atoms with Crippen molar-refractivity contribution in [3.05, 3.63) is 53.1 Å². The minimum absolute atomic E-state index is 0.111. The lowest BCUT2D eigenvalue weighted by molar-refractivity contribution is 0.291. The molecular weight excluding hydrogens is 243 g/mol. The van der Waals surface area contributed by atoms with Crippen molar-refractivity contribution in [3.63, 3.8) is 0 Å². The first-order valence-corrected chi connectivity index (χ1v) is 6.19. The number of nitrogens with zero attached hydrogens (tertiary/aromatic N) is 3. The van der Waals surface area contributed by atoms with Crippen LogP contribution in [0.5, 0.6) is 0 Å². The highest BCUT2D eigenvalue weighted by atomic mass is 19.1. The number of likely N-dealkylation sites (N-methyl/N-ethyl adjacent to an activating group) is 1. The molecule has 19 heavy (non-hydrogen) atoms. The number of halogens is 1. The maximum atomic E-state index is 13.0. The lowest BCUT2D eigenvalue weighted by Gasteiger charge is -2.31. The molecule has 1 aliphatic heterocycles. The molecule has 0 saturated heterocycles. The number of hydrogen-bond acceptors (Lipinski definition) is 4. The summed E-state index contributed by atoms with van der Waals surface area (Å²) in [6.07, 6.45) is 1.78. The van der Waals surface area contributed by atoms with E-state index in [0.29, 0.717) is 0 Å². The molecule has 1 aromatic carbocycles. The van der Waals surface area contributed by atoms with Gasteiger partial charge in [-0.05, 0) is 24.7 Å². The van der Waals surface area contributed by atoms with E-state index in [1.807, 2.05) is 0 Å². The van der Waals surface area contributed by atoms with Crippen molar-refractivity contribution in [3.8, 4) is 0 Å². The third-order valence-electron chi connectivity index (χ3n) is 3.45. The van der Waals surface area contributed by atoms with Gasteiger partial charge in [-0.1, -0.05) is 12.1 Å². The molecule has 98 valence electrons. The normalized spacial score (nSPS) is 19.2. The van der Waals surface area contributed by atoms with Crippen LogP contribution in [0.4, 0.5) is 10.3 Å². The second-order valence-corrected chi connectivity index (χ2v) is 4.94. The minimum Gasteiger partial charge on any atom is -0.368 e. The molecule has 1 aliphatic rings. The Morgan fingerprint density at radius 1 is 1.32 bits per heavy atom. The Kier molecular flexibility index (Phi) is 2.91. The second-order valence-electron chi connectivity index (χ2n) is 4.94. The van der Waals surface area contributed by atoms with E-state index in [-0.39, 0.29) is 17.7 Å². The largest absolute Gasteiger partial charge is 0.368 e. The molecule has 0 aliphatic carbocycles. The van der Waals surface area contributed by atoms with Crippen LogP contribution in [0.1, 0.15) is 22.7 Å². The molecule has 2 N–H and O–H groups in total. The average Bonchev–Trinajstić information content (AvgIpc) is 2.39. The standard InChI is InChI=1S/C14H15FN4/c1-19-7-10-6-17-14(16)18-13(10)12(8-19)9-2-4-11(15)5-3-9/h2-6,12H,7-8H2,1H3,(H2,16,17,18). The molecule has 1 atom stereocenters. The summed E-state index contributed by atoms with van der Waals surface area (Å²) < 4.78 is 13.0. The fourth-order valence-corrected chi connectivity index (χ4v) is 2.57. The molecule has 0 fully saturated rings. The molecule has 5 heteroatoms. The van der Waals surface area contributed by atoms with Crippen molar-refractivity contribution in [2.24, 2.45) is 0 Å². The number of benzene rings is 1. The summed E-state index contributed by atoms with van der Waals surface area (Å²) in [7, 11) is 2.05. The van der Waals surface area contributed by atoms with E-state index in [1.165, 1.54) is 12.1 Å². The number of rotatable bonds is 1. The Labute approximate surface area is 111 Å². The summed E-state index contributed by atoms with van der Waals surface area (Å²) >= 11 is 0. The van der Waals surface area contributed by atoms with E-state index in [9.17, 15) is 4.39 Å². The van der Waals surface area contributed by atoms with Gasteiger partial charge in [0.2, 0.25) is 5.95 Å². The van der Waals surface area contributed by atoms with Gasteiger partial charge in [-0.2, -0.15) is 0 Å². The van der Waals surface area contributed by atoms with Crippen molar-refractivity contribution < 1.29 is 4.39 Å². The zero-order chi connectivity index (χ0) is 13.4. The van der Waals surface area contributed by atoms with E-state index in [0.717, 1.165) is 29.9 Å². The first-order chi connectivity index (χ1) is 9.13. The summed E-state index contributed by atoms with van der Waals surface area (Å²) in [5.74, 6) is 0.172. The minimum atomic E-state index is -0.227. The predicted octanol–water partition coefficient (Wildman–Crippen LogP) is 1.78. The molecule has 4 nitrogen and oxygen atoms in total. The van der Waals surface area contributed by atoms with E-state index in [4.69, 9.17) is 5.73 Å². The first-order valence-electron chi connectivity index (χ1n) is 6.19. The smallest absolute Gasteiger partial charge is 0.220 e. The van der Waals surface area contributed by atoms with Crippen LogP contribution in [0.25, 0.3) is 0 Å². The lowest BCUT2D eigenvalue weighted by atomic mass is 9.89. The number of anilines is 1. The quantitative estimate of drug-likeness (QED) is 0.847. The second kappa shape index (κ2) is 4.59. The van der Waals surface area contributed by atoms with Gasteiger partial charge in [0, 0.05) is 30.8 Å². The predicted molar refractivity (Wildman–Crippen MR) is 71.0 cm³/mol. The molecule has 1 unspecified atom stereocenters. The van der Waals surface area contributed by atoms with E-state index < -0.39 is 0 Å². The molecule has 0 radical (unpaired) electrons. The topological polar surface area (TPSA) is 55.0 Å². The molecule has 0 spiro atoms. The van der Waals surface area contributed by atoms with Crippen LogP contribution in [0.15, 0.2) is 30.5 Å². The van der Waals surface area contributed by atoms with E-state index in [1.54, 1.807) is 18.3 Å². The van der Waals surface area contributed by atoms with Gasteiger partial charge in [0.1, 0.15) is 5.82 Å².